The van der Waals surface area contributed by atoms with Crippen LogP contribution in [0.1, 0.15) is 12.8 Å². The van der Waals surface area contributed by atoms with Crippen LogP contribution in [0.3, 0.4) is 0 Å². The molecule has 0 N–H and O–H groups in total. The third-order valence-electron chi connectivity index (χ3n) is 4.86. The van der Waals surface area contributed by atoms with E-state index in [1.807, 2.05) is 12.2 Å². The fourth-order valence-electron chi connectivity index (χ4n) is 3.44. The quantitative estimate of drug-likeness (QED) is 0.432. The highest BCUT2D eigenvalue weighted by Gasteiger charge is 2.47. The Hall–Kier alpha value is -3.36. The molecule has 0 spiro atoms. The summed E-state index contributed by atoms with van der Waals surface area (Å²) in [5.41, 5.74) is -0.00614. The highest BCUT2D eigenvalue weighted by Crippen LogP contribution is 2.34. The van der Waals surface area contributed by atoms with Crippen molar-refractivity contribution in [3.63, 3.8) is 0 Å². The van der Waals surface area contributed by atoms with Crippen molar-refractivity contribution in [2.45, 2.75) is 19.6 Å². The normalized spacial score (nSPS) is 21.6. The summed E-state index contributed by atoms with van der Waals surface area (Å²) in [7, 11) is 0. The predicted octanol–water partition coefficient (Wildman–Crippen LogP) is 0.243. The standard InChI is InChI=1S/C18H16N4O5/c23-15(9-21-16(24)11-5-1-2-6-12(11)17(21)25)27-10-22-18(26)13-7-3-4-8-14(13)19-20-22/h1-4,7-8,11-12H,5-6,9-10H2/t11-,12-/m1/s1. The number of esters is 1. The summed E-state index contributed by atoms with van der Waals surface area (Å²) in [5.74, 6) is -2.29. The number of carbonyl (C=O) groups excluding carboxylic acids is 3. The lowest BCUT2D eigenvalue weighted by Crippen LogP contribution is -2.37. The van der Waals surface area contributed by atoms with Gasteiger partial charge in [0, 0.05) is 0 Å². The molecule has 1 aromatic carbocycles. The number of benzene rings is 1. The van der Waals surface area contributed by atoms with Gasteiger partial charge in [-0.05, 0) is 25.0 Å². The summed E-state index contributed by atoms with van der Waals surface area (Å²) in [6.07, 6.45) is 4.75. The number of imide groups is 1. The summed E-state index contributed by atoms with van der Waals surface area (Å²) in [6, 6.07) is 6.68. The molecular weight excluding hydrogens is 352 g/mol. The number of likely N-dealkylation sites (tertiary alicyclic amines) is 1. The second-order valence-electron chi connectivity index (χ2n) is 6.48. The number of fused-ring (bicyclic) bond motifs is 2. The van der Waals surface area contributed by atoms with Gasteiger partial charge in [-0.25, -0.2) is 0 Å². The smallest absolute Gasteiger partial charge is 0.327 e. The van der Waals surface area contributed by atoms with Gasteiger partial charge in [-0.3, -0.25) is 24.1 Å². The molecule has 1 saturated heterocycles. The number of ether oxygens (including phenoxy) is 1. The molecule has 2 aliphatic rings. The van der Waals surface area contributed by atoms with Gasteiger partial charge in [-0.15, -0.1) is 5.10 Å². The maximum absolute atomic E-state index is 12.3. The van der Waals surface area contributed by atoms with E-state index in [2.05, 4.69) is 10.3 Å². The van der Waals surface area contributed by atoms with Crippen molar-refractivity contribution in [2.24, 2.45) is 11.8 Å². The van der Waals surface area contributed by atoms with E-state index in [1.165, 1.54) is 0 Å². The topological polar surface area (TPSA) is 111 Å². The van der Waals surface area contributed by atoms with E-state index in [0.717, 1.165) is 9.58 Å². The summed E-state index contributed by atoms with van der Waals surface area (Å²) >= 11 is 0. The zero-order chi connectivity index (χ0) is 19.0. The summed E-state index contributed by atoms with van der Waals surface area (Å²) in [6.45, 7) is -0.916. The first-order valence-corrected chi connectivity index (χ1v) is 8.54. The fraction of sp³-hybridized carbons (Fsp3) is 0.333. The molecule has 138 valence electrons. The van der Waals surface area contributed by atoms with E-state index in [1.54, 1.807) is 24.3 Å². The molecule has 0 unspecified atom stereocenters. The first-order valence-electron chi connectivity index (χ1n) is 8.54. The lowest BCUT2D eigenvalue weighted by Gasteiger charge is -2.14. The maximum atomic E-state index is 12.3. The van der Waals surface area contributed by atoms with Crippen LogP contribution in [0.25, 0.3) is 10.9 Å². The second kappa shape index (κ2) is 6.75. The number of amides is 2. The van der Waals surface area contributed by atoms with Crippen LogP contribution >= 0.6 is 0 Å². The third kappa shape index (κ3) is 3.01. The molecule has 2 heterocycles. The minimum Gasteiger partial charge on any atom is -0.441 e. The lowest BCUT2D eigenvalue weighted by atomic mass is 9.85. The number of hydrogen-bond acceptors (Lipinski definition) is 7. The van der Waals surface area contributed by atoms with E-state index in [0.29, 0.717) is 23.7 Å². The predicted molar refractivity (Wildman–Crippen MR) is 92.0 cm³/mol. The van der Waals surface area contributed by atoms with Gasteiger partial charge < -0.3 is 4.74 Å². The molecule has 0 saturated carbocycles. The number of aromatic nitrogens is 3. The molecule has 0 radical (unpaired) electrons. The van der Waals surface area contributed by atoms with Crippen molar-refractivity contribution in [1.29, 1.82) is 0 Å². The number of nitrogens with zero attached hydrogens (tertiary/aromatic N) is 4. The van der Waals surface area contributed by atoms with Crippen LogP contribution < -0.4 is 5.56 Å². The Bertz CT molecular complexity index is 1000. The molecule has 27 heavy (non-hydrogen) atoms. The largest absolute Gasteiger partial charge is 0.441 e. The van der Waals surface area contributed by atoms with E-state index >= 15 is 0 Å². The van der Waals surface area contributed by atoms with Crippen LogP contribution in [0.4, 0.5) is 0 Å². The Kier molecular flexibility index (Phi) is 4.27. The molecule has 9 nitrogen and oxygen atoms in total. The molecular formula is C18H16N4O5. The monoisotopic (exact) mass is 368 g/mol. The highest BCUT2D eigenvalue weighted by atomic mass is 16.5. The average Bonchev–Trinajstić information content (AvgIpc) is 2.93. The Morgan fingerprint density at radius 2 is 1.74 bits per heavy atom. The molecule has 4 rings (SSSR count). The molecule has 1 aromatic heterocycles. The zero-order valence-electron chi connectivity index (χ0n) is 14.3. The number of rotatable bonds is 4. The van der Waals surface area contributed by atoms with Gasteiger partial charge in [0.1, 0.15) is 12.1 Å². The van der Waals surface area contributed by atoms with Gasteiger partial charge in [-0.2, -0.15) is 4.68 Å². The van der Waals surface area contributed by atoms with E-state index in [4.69, 9.17) is 4.74 Å². The first kappa shape index (κ1) is 17.1. The molecule has 9 heteroatoms. The van der Waals surface area contributed by atoms with E-state index in [9.17, 15) is 19.2 Å². The lowest BCUT2D eigenvalue weighted by molar-refractivity contribution is -0.156. The van der Waals surface area contributed by atoms with Gasteiger partial charge in [-0.1, -0.05) is 29.5 Å². The molecule has 1 aliphatic heterocycles. The summed E-state index contributed by atoms with van der Waals surface area (Å²) in [5, 5.41) is 7.96. The van der Waals surface area contributed by atoms with Gasteiger partial charge in [0.05, 0.1) is 17.2 Å². The fourth-order valence-corrected chi connectivity index (χ4v) is 3.44. The Morgan fingerprint density at radius 3 is 2.44 bits per heavy atom. The van der Waals surface area contributed by atoms with Crippen LogP contribution in [0.15, 0.2) is 41.2 Å². The van der Waals surface area contributed by atoms with Crippen LogP contribution in [0.2, 0.25) is 0 Å². The van der Waals surface area contributed by atoms with Gasteiger partial charge >= 0.3 is 5.97 Å². The van der Waals surface area contributed by atoms with Crippen molar-refractivity contribution in [1.82, 2.24) is 19.9 Å². The summed E-state index contributed by atoms with van der Waals surface area (Å²) < 4.78 is 5.94. The van der Waals surface area contributed by atoms with Crippen LogP contribution in [-0.2, 0) is 25.9 Å². The van der Waals surface area contributed by atoms with E-state index in [-0.39, 0.29) is 11.8 Å². The van der Waals surface area contributed by atoms with Crippen molar-refractivity contribution < 1.29 is 19.1 Å². The Balaban J connectivity index is 1.42. The van der Waals surface area contributed by atoms with Crippen molar-refractivity contribution in [3.05, 3.63) is 46.8 Å². The average molecular weight is 368 g/mol. The minimum absolute atomic E-state index is 0.352. The van der Waals surface area contributed by atoms with Crippen molar-refractivity contribution in [2.75, 3.05) is 6.54 Å². The first-order chi connectivity index (χ1) is 13.1. The second-order valence-corrected chi connectivity index (χ2v) is 6.48. The number of hydrogen-bond donors (Lipinski definition) is 0. The summed E-state index contributed by atoms with van der Waals surface area (Å²) in [4.78, 5) is 50.0. The zero-order valence-corrected chi connectivity index (χ0v) is 14.3. The molecule has 2 aromatic rings. The Labute approximate surface area is 153 Å². The third-order valence-corrected chi connectivity index (χ3v) is 4.86. The van der Waals surface area contributed by atoms with Gasteiger partial charge in [0.15, 0.2) is 6.73 Å². The molecule has 2 atom stereocenters. The number of allylic oxidation sites excluding steroid dienone is 2. The molecule has 1 aliphatic carbocycles. The molecule has 1 fully saturated rings. The number of carbonyl (C=O) groups is 3. The van der Waals surface area contributed by atoms with Gasteiger partial charge in [0.25, 0.3) is 5.56 Å². The van der Waals surface area contributed by atoms with Gasteiger partial charge in [0.2, 0.25) is 11.8 Å². The van der Waals surface area contributed by atoms with Crippen molar-refractivity contribution in [3.8, 4) is 0 Å². The molecule has 2 amide bonds. The van der Waals surface area contributed by atoms with Crippen molar-refractivity contribution >= 4 is 28.7 Å². The maximum Gasteiger partial charge on any atom is 0.327 e. The SMILES string of the molecule is O=C(CN1C(=O)[C@@H]2CC=CC[C@H]2C1=O)OCn1nnc2ccccc2c1=O. The molecule has 0 bridgehead atoms. The highest BCUT2D eigenvalue weighted by molar-refractivity contribution is 6.07. The van der Waals surface area contributed by atoms with Crippen LogP contribution in [-0.4, -0.2) is 44.2 Å². The minimum atomic E-state index is -0.787. The van der Waals surface area contributed by atoms with Crippen LogP contribution in [0.5, 0.6) is 0 Å². The Morgan fingerprint density at radius 1 is 1.07 bits per heavy atom. The van der Waals surface area contributed by atoms with E-state index < -0.39 is 36.6 Å². The van der Waals surface area contributed by atoms with Crippen LogP contribution in [0, 0.1) is 11.8 Å².